The minimum absolute atomic E-state index is 0.0508. The van der Waals surface area contributed by atoms with Crippen LogP contribution in [0.5, 0.6) is 0 Å². The summed E-state index contributed by atoms with van der Waals surface area (Å²) in [6.07, 6.45) is 6.54. The van der Waals surface area contributed by atoms with Gasteiger partial charge in [0, 0.05) is 35.9 Å². The van der Waals surface area contributed by atoms with Crippen molar-refractivity contribution in [3.63, 3.8) is 0 Å². The molecule has 2 heterocycles. The molecule has 0 spiro atoms. The highest BCUT2D eigenvalue weighted by Gasteiger charge is 2.34. The van der Waals surface area contributed by atoms with E-state index in [2.05, 4.69) is 10.3 Å². The number of hydrogen-bond donors (Lipinski definition) is 1. The van der Waals surface area contributed by atoms with E-state index in [1.807, 2.05) is 42.0 Å². The average molecular weight is 344 g/mol. The molecule has 0 bridgehead atoms. The van der Waals surface area contributed by atoms with E-state index in [1.54, 1.807) is 29.2 Å². The Balaban J connectivity index is 1.70. The molecule has 1 aliphatic rings. The van der Waals surface area contributed by atoms with Gasteiger partial charge in [-0.05, 0) is 24.6 Å². The first-order chi connectivity index (χ1) is 11.7. The maximum Gasteiger partial charge on any atom is 0.248 e. The number of amides is 2. The molecule has 0 radical (unpaired) electrons. The molecule has 1 saturated heterocycles. The zero-order chi connectivity index (χ0) is 16.9. The van der Waals surface area contributed by atoms with Gasteiger partial charge in [0.25, 0.3) is 0 Å². The number of thioether (sulfide) groups is 1. The molecule has 1 aromatic carbocycles. The molecule has 2 aromatic rings. The van der Waals surface area contributed by atoms with Crippen molar-refractivity contribution in [3.05, 3.63) is 43.0 Å². The molecule has 126 valence electrons. The van der Waals surface area contributed by atoms with Crippen molar-refractivity contribution in [2.45, 2.75) is 25.8 Å². The van der Waals surface area contributed by atoms with E-state index in [4.69, 9.17) is 0 Å². The normalized spacial score (nSPS) is 17.0. The average Bonchev–Trinajstić information content (AvgIpc) is 3.27. The van der Waals surface area contributed by atoms with Gasteiger partial charge in [0.15, 0.2) is 0 Å². The number of nitrogens with zero attached hydrogens (tertiary/aromatic N) is 3. The van der Waals surface area contributed by atoms with Gasteiger partial charge < -0.3 is 14.8 Å². The number of carbonyl (C=O) groups is 2. The van der Waals surface area contributed by atoms with Crippen LogP contribution in [0.3, 0.4) is 0 Å². The number of benzene rings is 1. The standard InChI is InChI=1S/C17H20N4O2S/c1-2-4-16(22)21-12-24-10-15(21)17(23)19-13-5-3-6-14(9-13)20-8-7-18-11-20/h3,5-9,11,15H,2,4,10,12H2,1H3,(H,19,23). The molecule has 1 N–H and O–H groups in total. The summed E-state index contributed by atoms with van der Waals surface area (Å²) in [7, 11) is 0. The molecule has 1 aliphatic heterocycles. The summed E-state index contributed by atoms with van der Waals surface area (Å²) >= 11 is 1.62. The molecule has 1 unspecified atom stereocenters. The van der Waals surface area contributed by atoms with Crippen LogP contribution in [0.1, 0.15) is 19.8 Å². The summed E-state index contributed by atoms with van der Waals surface area (Å²) in [4.78, 5) is 30.5. The number of anilines is 1. The van der Waals surface area contributed by atoms with E-state index in [-0.39, 0.29) is 11.8 Å². The maximum atomic E-state index is 12.6. The Morgan fingerprint density at radius 3 is 3.04 bits per heavy atom. The van der Waals surface area contributed by atoms with E-state index in [9.17, 15) is 9.59 Å². The zero-order valence-electron chi connectivity index (χ0n) is 13.5. The minimum Gasteiger partial charge on any atom is -0.324 e. The fraction of sp³-hybridized carbons (Fsp3) is 0.353. The van der Waals surface area contributed by atoms with Crippen LogP contribution in [0.25, 0.3) is 5.69 Å². The topological polar surface area (TPSA) is 67.2 Å². The lowest BCUT2D eigenvalue weighted by Gasteiger charge is -2.23. The van der Waals surface area contributed by atoms with Crippen LogP contribution < -0.4 is 5.32 Å². The molecule has 1 atom stereocenters. The predicted octanol–water partition coefficient (Wildman–Crippen LogP) is 2.51. The van der Waals surface area contributed by atoms with Crippen molar-refractivity contribution in [2.75, 3.05) is 16.9 Å². The molecule has 2 amide bonds. The lowest BCUT2D eigenvalue weighted by Crippen LogP contribution is -2.44. The smallest absolute Gasteiger partial charge is 0.248 e. The van der Waals surface area contributed by atoms with Gasteiger partial charge in [-0.1, -0.05) is 13.0 Å². The van der Waals surface area contributed by atoms with Gasteiger partial charge in [0.2, 0.25) is 11.8 Å². The van der Waals surface area contributed by atoms with Gasteiger partial charge in [0.1, 0.15) is 6.04 Å². The molecule has 1 aromatic heterocycles. The molecule has 24 heavy (non-hydrogen) atoms. The quantitative estimate of drug-likeness (QED) is 0.905. The second-order valence-electron chi connectivity index (χ2n) is 5.64. The van der Waals surface area contributed by atoms with Gasteiger partial charge in [-0.2, -0.15) is 0 Å². The third kappa shape index (κ3) is 3.62. The van der Waals surface area contributed by atoms with Crippen LogP contribution in [0.2, 0.25) is 0 Å². The van der Waals surface area contributed by atoms with E-state index in [0.717, 1.165) is 12.1 Å². The van der Waals surface area contributed by atoms with Crippen molar-refractivity contribution in [3.8, 4) is 5.69 Å². The predicted molar refractivity (Wildman–Crippen MR) is 95.1 cm³/mol. The molecule has 6 nitrogen and oxygen atoms in total. The number of hydrogen-bond acceptors (Lipinski definition) is 4. The van der Waals surface area contributed by atoms with Crippen molar-refractivity contribution in [1.29, 1.82) is 0 Å². The third-order valence-corrected chi connectivity index (χ3v) is 4.90. The van der Waals surface area contributed by atoms with Crippen LogP contribution >= 0.6 is 11.8 Å². The van der Waals surface area contributed by atoms with Crippen molar-refractivity contribution < 1.29 is 9.59 Å². The van der Waals surface area contributed by atoms with Crippen LogP contribution in [-0.2, 0) is 9.59 Å². The molecule has 3 rings (SSSR count). The lowest BCUT2D eigenvalue weighted by molar-refractivity contribution is -0.136. The number of nitrogens with one attached hydrogen (secondary N) is 1. The Labute approximate surface area is 145 Å². The highest BCUT2D eigenvalue weighted by Crippen LogP contribution is 2.24. The Hall–Kier alpha value is -2.28. The first-order valence-electron chi connectivity index (χ1n) is 7.95. The van der Waals surface area contributed by atoms with E-state index in [1.165, 1.54) is 0 Å². The van der Waals surface area contributed by atoms with Crippen molar-refractivity contribution >= 4 is 29.3 Å². The van der Waals surface area contributed by atoms with Gasteiger partial charge in [-0.25, -0.2) is 4.98 Å². The highest BCUT2D eigenvalue weighted by molar-refractivity contribution is 7.99. The van der Waals surface area contributed by atoms with Crippen molar-refractivity contribution in [1.82, 2.24) is 14.5 Å². The highest BCUT2D eigenvalue weighted by atomic mass is 32.2. The second-order valence-corrected chi connectivity index (χ2v) is 6.64. The van der Waals surface area contributed by atoms with Gasteiger partial charge in [-0.15, -0.1) is 11.8 Å². The Morgan fingerprint density at radius 2 is 2.29 bits per heavy atom. The first-order valence-corrected chi connectivity index (χ1v) is 9.11. The Morgan fingerprint density at radius 1 is 1.42 bits per heavy atom. The first kappa shape index (κ1) is 16.6. The van der Waals surface area contributed by atoms with Crippen LogP contribution in [0.4, 0.5) is 5.69 Å². The van der Waals surface area contributed by atoms with Gasteiger partial charge >= 0.3 is 0 Å². The summed E-state index contributed by atoms with van der Waals surface area (Å²) in [5, 5.41) is 2.93. The summed E-state index contributed by atoms with van der Waals surface area (Å²) in [6.45, 7) is 1.97. The zero-order valence-corrected chi connectivity index (χ0v) is 14.3. The summed E-state index contributed by atoms with van der Waals surface area (Å²) in [6, 6.07) is 7.16. The molecule has 0 aliphatic carbocycles. The molecule has 7 heteroatoms. The minimum atomic E-state index is -0.397. The maximum absolute atomic E-state index is 12.6. The van der Waals surface area contributed by atoms with Crippen molar-refractivity contribution in [2.24, 2.45) is 0 Å². The summed E-state index contributed by atoms with van der Waals surface area (Å²) in [5.74, 6) is 1.15. The van der Waals surface area contributed by atoms with Crippen LogP contribution in [-0.4, -0.2) is 43.9 Å². The van der Waals surface area contributed by atoms with E-state index in [0.29, 0.717) is 23.7 Å². The SMILES string of the molecule is CCCC(=O)N1CSCC1C(=O)Nc1cccc(-n2ccnc2)c1. The largest absolute Gasteiger partial charge is 0.324 e. The lowest BCUT2D eigenvalue weighted by atomic mass is 10.2. The molecular weight excluding hydrogens is 324 g/mol. The van der Waals surface area contributed by atoms with Gasteiger partial charge in [0.05, 0.1) is 12.2 Å². The fourth-order valence-corrected chi connectivity index (χ4v) is 3.83. The van der Waals surface area contributed by atoms with E-state index < -0.39 is 6.04 Å². The van der Waals surface area contributed by atoms with Crippen LogP contribution in [0, 0.1) is 0 Å². The monoisotopic (exact) mass is 344 g/mol. The molecular formula is C17H20N4O2S. The third-order valence-electron chi connectivity index (χ3n) is 3.89. The number of aromatic nitrogens is 2. The van der Waals surface area contributed by atoms with E-state index >= 15 is 0 Å². The fourth-order valence-electron chi connectivity index (χ4n) is 2.64. The summed E-state index contributed by atoms with van der Waals surface area (Å²) < 4.78 is 1.87. The number of carbonyl (C=O) groups excluding carboxylic acids is 2. The Bertz CT molecular complexity index is 717. The number of rotatable bonds is 5. The van der Waals surface area contributed by atoms with Gasteiger partial charge in [-0.3, -0.25) is 9.59 Å². The van der Waals surface area contributed by atoms with Crippen LogP contribution in [0.15, 0.2) is 43.0 Å². The summed E-state index contributed by atoms with van der Waals surface area (Å²) in [5.41, 5.74) is 1.64. The Kier molecular flexibility index (Phi) is 5.20. The molecule has 0 saturated carbocycles. The molecule has 1 fully saturated rings. The number of imidazole rings is 1. The second kappa shape index (κ2) is 7.53.